The molecule has 0 aromatic carbocycles. The molecule has 0 aliphatic carbocycles. The molecule has 1 unspecified atom stereocenters. The minimum absolute atomic E-state index is 0.000814. The van der Waals surface area contributed by atoms with Crippen molar-refractivity contribution in [2.45, 2.75) is 24.9 Å². The van der Waals surface area contributed by atoms with E-state index in [2.05, 4.69) is 5.32 Å². The second-order valence-electron chi connectivity index (χ2n) is 2.81. The first-order valence-electron chi connectivity index (χ1n) is 4.42. The van der Waals surface area contributed by atoms with Gasteiger partial charge in [0.1, 0.15) is 0 Å². The van der Waals surface area contributed by atoms with Gasteiger partial charge in [-0.15, -0.1) is 0 Å². The van der Waals surface area contributed by atoms with Gasteiger partial charge in [-0.3, -0.25) is 0 Å². The summed E-state index contributed by atoms with van der Waals surface area (Å²) in [6.45, 7) is 2.85. The first-order chi connectivity index (χ1) is 6.49. The van der Waals surface area contributed by atoms with Crippen LogP contribution in [-0.2, 0) is 4.74 Å². The van der Waals surface area contributed by atoms with E-state index in [1.54, 1.807) is 7.11 Å². The molecule has 0 saturated carbocycles. The van der Waals surface area contributed by atoms with E-state index in [-0.39, 0.29) is 23.6 Å². The Morgan fingerprint density at radius 1 is 1.43 bits per heavy atom. The monoisotopic (exact) mass is 231 g/mol. The number of halogens is 3. The number of rotatable bonds is 7. The van der Waals surface area contributed by atoms with Crippen LogP contribution in [0, 0.1) is 0 Å². The van der Waals surface area contributed by atoms with Crippen molar-refractivity contribution in [2.24, 2.45) is 0 Å². The van der Waals surface area contributed by atoms with Crippen molar-refractivity contribution in [3.63, 3.8) is 0 Å². The second kappa shape index (κ2) is 7.36. The van der Waals surface area contributed by atoms with Crippen LogP contribution in [-0.4, -0.2) is 37.6 Å². The van der Waals surface area contributed by atoms with Crippen LogP contribution in [0.4, 0.5) is 13.2 Å². The van der Waals surface area contributed by atoms with Gasteiger partial charge in [0.2, 0.25) is 0 Å². The fraction of sp³-hybridized carbons (Fsp3) is 1.00. The summed E-state index contributed by atoms with van der Waals surface area (Å²) in [5, 5.41) is 3.00. The maximum atomic E-state index is 11.7. The molecule has 6 heteroatoms. The average Bonchev–Trinajstić information content (AvgIpc) is 2.08. The number of alkyl halides is 3. The van der Waals surface area contributed by atoms with E-state index in [4.69, 9.17) is 4.74 Å². The molecule has 0 amide bonds. The summed E-state index contributed by atoms with van der Waals surface area (Å²) < 4.78 is 40.1. The number of nitrogens with one attached hydrogen (secondary N) is 1. The molecular weight excluding hydrogens is 215 g/mol. The zero-order valence-corrected chi connectivity index (χ0v) is 9.17. The molecule has 2 nitrogen and oxygen atoms in total. The Bertz CT molecular complexity index is 143. The first-order valence-corrected chi connectivity index (χ1v) is 5.41. The molecule has 0 heterocycles. The lowest BCUT2D eigenvalue weighted by Gasteiger charge is -2.15. The van der Waals surface area contributed by atoms with Gasteiger partial charge in [0.15, 0.2) is 0 Å². The number of methoxy groups -OCH3 is 1. The van der Waals surface area contributed by atoms with Crippen LogP contribution in [0.1, 0.15) is 13.3 Å². The lowest BCUT2D eigenvalue weighted by Crippen LogP contribution is -2.34. The van der Waals surface area contributed by atoms with E-state index in [1.165, 1.54) is 0 Å². The van der Waals surface area contributed by atoms with E-state index >= 15 is 0 Å². The Labute approximate surface area is 86.6 Å². The summed E-state index contributed by atoms with van der Waals surface area (Å²) in [5.74, 6) is 0.0454. The quantitative estimate of drug-likeness (QED) is 0.679. The number of hydrogen-bond donors (Lipinski definition) is 1. The minimum Gasteiger partial charge on any atom is -0.383 e. The maximum Gasteiger partial charge on any atom is 0.441 e. The zero-order chi connectivity index (χ0) is 11.0. The van der Waals surface area contributed by atoms with Gasteiger partial charge in [0.05, 0.1) is 6.61 Å². The molecule has 1 N–H and O–H groups in total. The molecule has 0 saturated heterocycles. The van der Waals surface area contributed by atoms with Crippen LogP contribution in [0.15, 0.2) is 0 Å². The Morgan fingerprint density at radius 3 is 2.50 bits per heavy atom. The standard InChI is InChI=1S/C8H16F3NOS/c1-3-7(6-13-2)12-4-5-14-8(9,10)11/h7,12H,3-6H2,1-2H3. The van der Waals surface area contributed by atoms with E-state index in [0.29, 0.717) is 13.2 Å². The van der Waals surface area contributed by atoms with Gasteiger partial charge >= 0.3 is 5.51 Å². The van der Waals surface area contributed by atoms with Crippen LogP contribution in [0.3, 0.4) is 0 Å². The third-order valence-electron chi connectivity index (χ3n) is 1.66. The van der Waals surface area contributed by atoms with Crippen molar-refractivity contribution in [2.75, 3.05) is 26.0 Å². The predicted octanol–water partition coefficient (Wildman–Crippen LogP) is 2.25. The molecule has 0 spiro atoms. The Hall–Kier alpha value is 0.0600. The minimum atomic E-state index is -4.12. The third-order valence-corrected chi connectivity index (χ3v) is 2.40. The van der Waals surface area contributed by atoms with Gasteiger partial charge in [-0.1, -0.05) is 6.92 Å². The van der Waals surface area contributed by atoms with Crippen LogP contribution >= 0.6 is 11.8 Å². The Kier molecular flexibility index (Phi) is 7.40. The van der Waals surface area contributed by atoms with E-state index in [0.717, 1.165) is 6.42 Å². The molecule has 1 atom stereocenters. The summed E-state index contributed by atoms with van der Waals surface area (Å²) in [6.07, 6.45) is 0.852. The molecule has 0 radical (unpaired) electrons. The lowest BCUT2D eigenvalue weighted by atomic mass is 10.2. The van der Waals surface area contributed by atoms with Gasteiger partial charge < -0.3 is 10.1 Å². The maximum absolute atomic E-state index is 11.7. The van der Waals surface area contributed by atoms with E-state index in [1.807, 2.05) is 6.92 Å². The molecule has 0 aromatic heterocycles. The van der Waals surface area contributed by atoms with Crippen molar-refractivity contribution < 1.29 is 17.9 Å². The zero-order valence-electron chi connectivity index (χ0n) is 8.36. The highest BCUT2D eigenvalue weighted by molar-refractivity contribution is 8.00. The van der Waals surface area contributed by atoms with E-state index in [9.17, 15) is 13.2 Å². The summed E-state index contributed by atoms with van der Waals surface area (Å²) in [7, 11) is 1.58. The average molecular weight is 231 g/mol. The first kappa shape index (κ1) is 14.1. The molecule has 0 fully saturated rings. The SMILES string of the molecule is CCC(COC)NCCSC(F)(F)F. The Balaban J connectivity index is 3.42. The van der Waals surface area contributed by atoms with E-state index < -0.39 is 5.51 Å². The van der Waals surface area contributed by atoms with Crippen LogP contribution in [0.25, 0.3) is 0 Å². The molecule has 14 heavy (non-hydrogen) atoms. The van der Waals surface area contributed by atoms with Crippen LogP contribution in [0.2, 0.25) is 0 Å². The molecule has 0 aromatic rings. The van der Waals surface area contributed by atoms with Crippen molar-refractivity contribution in [1.29, 1.82) is 0 Å². The summed E-state index contributed by atoms with van der Waals surface area (Å²) >= 11 is 0.000814. The summed E-state index contributed by atoms with van der Waals surface area (Å²) in [6, 6.07) is 0.147. The second-order valence-corrected chi connectivity index (χ2v) is 3.97. The summed E-state index contributed by atoms with van der Waals surface area (Å²) in [5.41, 5.74) is -4.12. The molecule has 0 aliphatic rings. The van der Waals surface area contributed by atoms with Gasteiger partial charge in [-0.05, 0) is 18.2 Å². The number of ether oxygens (including phenoxy) is 1. The van der Waals surface area contributed by atoms with Gasteiger partial charge in [-0.25, -0.2) is 0 Å². The van der Waals surface area contributed by atoms with Gasteiger partial charge in [-0.2, -0.15) is 13.2 Å². The van der Waals surface area contributed by atoms with Gasteiger partial charge in [0, 0.05) is 25.4 Å². The number of hydrogen-bond acceptors (Lipinski definition) is 3. The van der Waals surface area contributed by atoms with Crippen molar-refractivity contribution in [3.8, 4) is 0 Å². The fourth-order valence-electron chi connectivity index (χ4n) is 0.952. The highest BCUT2D eigenvalue weighted by Crippen LogP contribution is 2.29. The summed E-state index contributed by atoms with van der Waals surface area (Å²) in [4.78, 5) is 0. The molecular formula is C8H16F3NOS. The van der Waals surface area contributed by atoms with Gasteiger partial charge in [0.25, 0.3) is 0 Å². The molecule has 86 valence electrons. The highest BCUT2D eigenvalue weighted by atomic mass is 32.2. The largest absolute Gasteiger partial charge is 0.441 e. The lowest BCUT2D eigenvalue weighted by molar-refractivity contribution is -0.0327. The van der Waals surface area contributed by atoms with Crippen molar-refractivity contribution in [3.05, 3.63) is 0 Å². The predicted molar refractivity (Wildman–Crippen MR) is 52.5 cm³/mol. The fourth-order valence-corrected chi connectivity index (χ4v) is 1.40. The molecule has 0 aliphatic heterocycles. The highest BCUT2D eigenvalue weighted by Gasteiger charge is 2.27. The molecule has 0 bridgehead atoms. The number of thioether (sulfide) groups is 1. The Morgan fingerprint density at radius 2 is 2.07 bits per heavy atom. The molecule has 0 rings (SSSR count). The third kappa shape index (κ3) is 8.65. The topological polar surface area (TPSA) is 21.3 Å². The van der Waals surface area contributed by atoms with Crippen molar-refractivity contribution in [1.82, 2.24) is 5.32 Å². The smallest absolute Gasteiger partial charge is 0.383 e. The van der Waals surface area contributed by atoms with Crippen LogP contribution in [0.5, 0.6) is 0 Å². The van der Waals surface area contributed by atoms with Crippen molar-refractivity contribution >= 4 is 11.8 Å². The normalized spacial score (nSPS) is 14.4. The van der Waals surface area contributed by atoms with Crippen LogP contribution < -0.4 is 5.32 Å².